The average molecular weight is 279 g/mol. The lowest BCUT2D eigenvalue weighted by Gasteiger charge is -2.07. The summed E-state index contributed by atoms with van der Waals surface area (Å²) >= 11 is 6.01. The number of pyridine rings is 1. The lowest BCUT2D eigenvalue weighted by atomic mass is 10.2. The first-order valence-electron chi connectivity index (χ1n) is 5.95. The number of aryl methyl sites for hydroxylation is 2. The largest absolute Gasteiger partial charge is 0.352 e. The van der Waals surface area contributed by atoms with Gasteiger partial charge < -0.3 is 5.32 Å². The van der Waals surface area contributed by atoms with Crippen LogP contribution < -0.4 is 5.32 Å². The smallest absolute Gasteiger partial charge is 0.254 e. The van der Waals surface area contributed by atoms with Crippen molar-refractivity contribution in [2.45, 2.75) is 13.3 Å². The normalized spacial score (nSPS) is 10.5. The Hall–Kier alpha value is -1.88. The van der Waals surface area contributed by atoms with E-state index in [0.717, 1.165) is 17.8 Å². The summed E-state index contributed by atoms with van der Waals surface area (Å²) in [5.41, 5.74) is 2.25. The highest BCUT2D eigenvalue weighted by atomic mass is 35.5. The first kappa shape index (κ1) is 13.5. The minimum Gasteiger partial charge on any atom is -0.352 e. The zero-order valence-corrected chi connectivity index (χ0v) is 11.6. The quantitative estimate of drug-likeness (QED) is 0.927. The van der Waals surface area contributed by atoms with Gasteiger partial charge in [0.15, 0.2) is 0 Å². The van der Waals surface area contributed by atoms with Crippen molar-refractivity contribution in [3.8, 4) is 0 Å². The summed E-state index contributed by atoms with van der Waals surface area (Å²) in [6, 6.07) is 3.60. The maximum Gasteiger partial charge on any atom is 0.254 e. The Morgan fingerprint density at radius 3 is 2.95 bits per heavy atom. The second-order valence-corrected chi connectivity index (χ2v) is 4.66. The number of aromatic nitrogens is 3. The fraction of sp³-hybridized carbons (Fsp3) is 0.308. The summed E-state index contributed by atoms with van der Waals surface area (Å²) in [6.07, 6.45) is 3.95. The third-order valence-electron chi connectivity index (χ3n) is 2.82. The van der Waals surface area contributed by atoms with E-state index >= 15 is 0 Å². The molecule has 0 saturated heterocycles. The van der Waals surface area contributed by atoms with E-state index in [1.165, 1.54) is 6.20 Å². The molecule has 0 aromatic carbocycles. The van der Waals surface area contributed by atoms with Crippen molar-refractivity contribution in [2.75, 3.05) is 6.54 Å². The number of rotatable bonds is 4. The van der Waals surface area contributed by atoms with Gasteiger partial charge in [0.25, 0.3) is 5.91 Å². The van der Waals surface area contributed by atoms with Crippen LogP contribution in [0.1, 0.15) is 21.7 Å². The molecular weight excluding hydrogens is 264 g/mol. The summed E-state index contributed by atoms with van der Waals surface area (Å²) in [5, 5.41) is 7.31. The molecule has 19 heavy (non-hydrogen) atoms. The first-order chi connectivity index (χ1) is 9.08. The van der Waals surface area contributed by atoms with E-state index in [4.69, 9.17) is 11.6 Å². The molecule has 0 aliphatic heterocycles. The number of nitrogens with one attached hydrogen (secondary N) is 1. The maximum atomic E-state index is 11.9. The van der Waals surface area contributed by atoms with Crippen molar-refractivity contribution in [3.05, 3.63) is 46.5 Å². The Morgan fingerprint density at radius 2 is 2.32 bits per heavy atom. The molecule has 1 amide bonds. The number of halogens is 1. The topological polar surface area (TPSA) is 59.8 Å². The number of hydrogen-bond donors (Lipinski definition) is 1. The van der Waals surface area contributed by atoms with Crippen LogP contribution in [0.5, 0.6) is 0 Å². The van der Waals surface area contributed by atoms with Gasteiger partial charge in [-0.1, -0.05) is 11.6 Å². The summed E-state index contributed by atoms with van der Waals surface area (Å²) < 4.78 is 1.78. The van der Waals surface area contributed by atoms with Gasteiger partial charge in [0.2, 0.25) is 0 Å². The molecule has 2 aromatic rings. The Labute approximate surface area is 116 Å². The summed E-state index contributed by atoms with van der Waals surface area (Å²) in [6.45, 7) is 2.36. The molecule has 0 atom stereocenters. The van der Waals surface area contributed by atoms with Gasteiger partial charge in [0, 0.05) is 43.8 Å². The number of hydrogen-bond acceptors (Lipinski definition) is 3. The van der Waals surface area contributed by atoms with Crippen LogP contribution in [-0.2, 0) is 13.5 Å². The monoisotopic (exact) mass is 278 g/mol. The third-order valence-corrected chi connectivity index (χ3v) is 3.14. The first-order valence-corrected chi connectivity index (χ1v) is 6.33. The van der Waals surface area contributed by atoms with Gasteiger partial charge >= 0.3 is 0 Å². The highest BCUT2D eigenvalue weighted by Crippen LogP contribution is 2.15. The molecule has 0 aliphatic rings. The van der Waals surface area contributed by atoms with Crippen LogP contribution >= 0.6 is 11.6 Å². The van der Waals surface area contributed by atoms with E-state index in [1.54, 1.807) is 16.9 Å². The highest BCUT2D eigenvalue weighted by Gasteiger charge is 2.10. The Kier molecular flexibility index (Phi) is 4.16. The summed E-state index contributed by atoms with van der Waals surface area (Å²) in [4.78, 5) is 16.0. The molecular formula is C13H15ClN4O. The van der Waals surface area contributed by atoms with Gasteiger partial charge in [-0.15, -0.1) is 0 Å². The fourth-order valence-electron chi connectivity index (χ4n) is 1.74. The second-order valence-electron chi connectivity index (χ2n) is 4.26. The molecule has 2 heterocycles. The van der Waals surface area contributed by atoms with Crippen molar-refractivity contribution in [2.24, 2.45) is 7.05 Å². The maximum absolute atomic E-state index is 11.9. The molecule has 0 bridgehead atoms. The van der Waals surface area contributed by atoms with E-state index in [-0.39, 0.29) is 5.91 Å². The average Bonchev–Trinajstić information content (AvgIpc) is 2.75. The molecule has 0 saturated carbocycles. The predicted molar refractivity (Wildman–Crippen MR) is 73.2 cm³/mol. The van der Waals surface area contributed by atoms with E-state index in [1.807, 2.05) is 20.0 Å². The Bertz CT molecular complexity index is 594. The molecule has 0 unspecified atom stereocenters. The van der Waals surface area contributed by atoms with Gasteiger partial charge in [-0.05, 0) is 19.1 Å². The van der Waals surface area contributed by atoms with Crippen LogP contribution in [0, 0.1) is 6.92 Å². The lowest BCUT2D eigenvalue weighted by molar-refractivity contribution is 0.0953. The zero-order chi connectivity index (χ0) is 13.8. The van der Waals surface area contributed by atoms with Crippen molar-refractivity contribution in [1.82, 2.24) is 20.1 Å². The fourth-order valence-corrected chi connectivity index (χ4v) is 2.03. The second kappa shape index (κ2) is 5.84. The van der Waals surface area contributed by atoms with Crippen molar-refractivity contribution >= 4 is 17.5 Å². The van der Waals surface area contributed by atoms with Crippen LogP contribution in [0.3, 0.4) is 0 Å². The minimum absolute atomic E-state index is 0.209. The van der Waals surface area contributed by atoms with Crippen LogP contribution in [-0.4, -0.2) is 27.2 Å². The standard InChI is InChI=1S/C13H15ClN4O/c1-9-7-12(14)11(8-16-9)13(19)15-5-3-10-4-6-17-18(10)2/h4,6-8H,3,5H2,1-2H3,(H,15,19). The Balaban J connectivity index is 1.93. The molecule has 5 nitrogen and oxygen atoms in total. The highest BCUT2D eigenvalue weighted by molar-refractivity contribution is 6.33. The predicted octanol–water partition coefficient (Wildman–Crippen LogP) is 1.75. The number of carbonyl (C=O) groups excluding carboxylic acids is 1. The van der Waals surface area contributed by atoms with Crippen LogP contribution in [0.15, 0.2) is 24.5 Å². The molecule has 0 radical (unpaired) electrons. The van der Waals surface area contributed by atoms with Gasteiger partial charge in [-0.3, -0.25) is 14.5 Å². The number of amides is 1. The van der Waals surface area contributed by atoms with Crippen molar-refractivity contribution in [1.29, 1.82) is 0 Å². The molecule has 0 aliphatic carbocycles. The van der Waals surface area contributed by atoms with Gasteiger partial charge in [-0.25, -0.2) is 0 Å². The Morgan fingerprint density at radius 1 is 1.53 bits per heavy atom. The molecule has 0 fully saturated rings. The summed E-state index contributed by atoms with van der Waals surface area (Å²) in [7, 11) is 1.87. The molecule has 0 spiro atoms. The summed E-state index contributed by atoms with van der Waals surface area (Å²) in [5.74, 6) is -0.209. The van der Waals surface area contributed by atoms with Crippen molar-refractivity contribution in [3.63, 3.8) is 0 Å². The van der Waals surface area contributed by atoms with E-state index in [9.17, 15) is 4.79 Å². The van der Waals surface area contributed by atoms with E-state index < -0.39 is 0 Å². The van der Waals surface area contributed by atoms with E-state index in [0.29, 0.717) is 17.1 Å². The SMILES string of the molecule is Cc1cc(Cl)c(C(=O)NCCc2ccnn2C)cn1. The van der Waals surface area contributed by atoms with Gasteiger partial charge in [0.1, 0.15) is 0 Å². The number of carbonyl (C=O) groups is 1. The van der Waals surface area contributed by atoms with Crippen LogP contribution in [0.25, 0.3) is 0 Å². The van der Waals surface area contributed by atoms with Crippen LogP contribution in [0.4, 0.5) is 0 Å². The molecule has 2 aromatic heterocycles. The van der Waals surface area contributed by atoms with Gasteiger partial charge in [0.05, 0.1) is 10.6 Å². The third kappa shape index (κ3) is 3.32. The zero-order valence-electron chi connectivity index (χ0n) is 10.9. The molecule has 100 valence electrons. The number of nitrogens with zero attached hydrogens (tertiary/aromatic N) is 3. The van der Waals surface area contributed by atoms with Crippen LogP contribution in [0.2, 0.25) is 5.02 Å². The molecule has 2 rings (SSSR count). The molecule has 6 heteroatoms. The van der Waals surface area contributed by atoms with Crippen molar-refractivity contribution < 1.29 is 4.79 Å². The lowest BCUT2D eigenvalue weighted by Crippen LogP contribution is -2.26. The minimum atomic E-state index is -0.209. The molecule has 1 N–H and O–H groups in total. The van der Waals surface area contributed by atoms with Gasteiger partial charge in [-0.2, -0.15) is 5.10 Å². The van der Waals surface area contributed by atoms with E-state index in [2.05, 4.69) is 15.4 Å².